The summed E-state index contributed by atoms with van der Waals surface area (Å²) >= 11 is 0. The summed E-state index contributed by atoms with van der Waals surface area (Å²) in [6.07, 6.45) is 8.51. The van der Waals surface area contributed by atoms with Gasteiger partial charge in [0.2, 0.25) is 0 Å². The highest BCUT2D eigenvalue weighted by atomic mass is 15.0. The first kappa shape index (κ1) is 10.2. The summed E-state index contributed by atoms with van der Waals surface area (Å²) in [5.41, 5.74) is 6.09. The van der Waals surface area contributed by atoms with E-state index in [0.29, 0.717) is 11.2 Å². The van der Waals surface area contributed by atoms with Crippen molar-refractivity contribution in [1.82, 2.24) is 9.97 Å². The van der Waals surface area contributed by atoms with Crippen molar-refractivity contribution in [2.45, 2.75) is 32.6 Å². The maximum atomic E-state index is 5.56. The van der Waals surface area contributed by atoms with Crippen molar-refractivity contribution in [1.29, 1.82) is 0 Å². The molecule has 1 fully saturated rings. The van der Waals surface area contributed by atoms with Crippen LogP contribution < -0.4 is 11.1 Å². The van der Waals surface area contributed by atoms with Gasteiger partial charge in [0, 0.05) is 6.54 Å². The van der Waals surface area contributed by atoms with Gasteiger partial charge < -0.3 is 11.1 Å². The molecule has 0 atom stereocenters. The molecule has 0 bridgehead atoms. The Morgan fingerprint density at radius 3 is 2.87 bits per heavy atom. The number of hydrogen-bond acceptors (Lipinski definition) is 4. The third kappa shape index (κ3) is 2.58. The zero-order chi connectivity index (χ0) is 10.7. The second-order valence-electron chi connectivity index (χ2n) is 4.43. The largest absolute Gasteiger partial charge is 0.382 e. The number of nitrogens with zero attached hydrogens (tertiary/aromatic N) is 2. The number of nitrogen functional groups attached to an aromatic ring is 1. The van der Waals surface area contributed by atoms with E-state index in [4.69, 9.17) is 5.73 Å². The van der Waals surface area contributed by atoms with Crippen LogP contribution in [-0.2, 0) is 0 Å². The molecule has 0 amide bonds. The monoisotopic (exact) mass is 206 g/mol. The molecule has 0 radical (unpaired) electrons. The summed E-state index contributed by atoms with van der Waals surface area (Å²) in [5.74, 6) is 1.26. The fourth-order valence-corrected chi connectivity index (χ4v) is 1.97. The Labute approximate surface area is 90.3 Å². The summed E-state index contributed by atoms with van der Waals surface area (Å²) in [5, 5.41) is 3.32. The first-order valence-corrected chi connectivity index (χ1v) is 5.55. The van der Waals surface area contributed by atoms with Crippen molar-refractivity contribution >= 4 is 11.6 Å². The lowest BCUT2D eigenvalue weighted by atomic mass is 10.0. The SMILES string of the molecule is CCCC1(CNc2cncc(N)n2)CC1. The van der Waals surface area contributed by atoms with Crippen LogP contribution in [0.3, 0.4) is 0 Å². The van der Waals surface area contributed by atoms with Crippen molar-refractivity contribution in [3.05, 3.63) is 12.4 Å². The van der Waals surface area contributed by atoms with Gasteiger partial charge in [0.25, 0.3) is 0 Å². The fourth-order valence-electron chi connectivity index (χ4n) is 1.97. The number of rotatable bonds is 5. The molecule has 1 aromatic rings. The molecule has 0 saturated heterocycles. The van der Waals surface area contributed by atoms with Crippen LogP contribution in [0.1, 0.15) is 32.6 Å². The zero-order valence-corrected chi connectivity index (χ0v) is 9.16. The molecule has 0 spiro atoms. The van der Waals surface area contributed by atoms with Crippen LogP contribution in [0.15, 0.2) is 12.4 Å². The molecule has 4 heteroatoms. The van der Waals surface area contributed by atoms with Crippen LogP contribution in [0.5, 0.6) is 0 Å². The van der Waals surface area contributed by atoms with Gasteiger partial charge in [-0.15, -0.1) is 0 Å². The van der Waals surface area contributed by atoms with Crippen molar-refractivity contribution in [3.8, 4) is 0 Å². The second-order valence-corrected chi connectivity index (χ2v) is 4.43. The minimum Gasteiger partial charge on any atom is -0.382 e. The molecule has 4 nitrogen and oxygen atoms in total. The lowest BCUT2D eigenvalue weighted by molar-refractivity contribution is 0.485. The van der Waals surface area contributed by atoms with Crippen LogP contribution in [0.25, 0.3) is 0 Å². The van der Waals surface area contributed by atoms with E-state index < -0.39 is 0 Å². The van der Waals surface area contributed by atoms with Gasteiger partial charge in [-0.25, -0.2) is 4.98 Å². The molecule has 0 aromatic carbocycles. The van der Waals surface area contributed by atoms with Crippen molar-refractivity contribution in [2.24, 2.45) is 5.41 Å². The van der Waals surface area contributed by atoms with Gasteiger partial charge in [-0.3, -0.25) is 4.98 Å². The van der Waals surface area contributed by atoms with Crippen LogP contribution in [0, 0.1) is 5.41 Å². The highest BCUT2D eigenvalue weighted by Gasteiger charge is 2.41. The van der Waals surface area contributed by atoms with E-state index >= 15 is 0 Å². The number of aromatic nitrogens is 2. The minimum absolute atomic E-state index is 0.473. The summed E-state index contributed by atoms with van der Waals surface area (Å²) in [6.45, 7) is 3.24. The molecule has 1 saturated carbocycles. The first-order valence-electron chi connectivity index (χ1n) is 5.55. The van der Waals surface area contributed by atoms with Gasteiger partial charge in [-0.1, -0.05) is 13.3 Å². The van der Waals surface area contributed by atoms with E-state index in [0.717, 1.165) is 12.4 Å². The van der Waals surface area contributed by atoms with Crippen LogP contribution >= 0.6 is 0 Å². The average molecular weight is 206 g/mol. The standard InChI is InChI=1S/C11H18N4/c1-2-3-11(4-5-11)8-14-10-7-13-6-9(12)15-10/h6-7H,2-5,8H2,1H3,(H3,12,14,15). The Morgan fingerprint density at radius 1 is 1.47 bits per heavy atom. The minimum atomic E-state index is 0.473. The third-order valence-electron chi connectivity index (χ3n) is 3.04. The van der Waals surface area contributed by atoms with Gasteiger partial charge in [0.05, 0.1) is 12.4 Å². The van der Waals surface area contributed by atoms with E-state index in [-0.39, 0.29) is 0 Å². The van der Waals surface area contributed by atoms with Crippen LogP contribution in [-0.4, -0.2) is 16.5 Å². The molecule has 15 heavy (non-hydrogen) atoms. The normalized spacial score (nSPS) is 17.4. The third-order valence-corrected chi connectivity index (χ3v) is 3.04. The van der Waals surface area contributed by atoms with E-state index in [2.05, 4.69) is 22.2 Å². The summed E-state index contributed by atoms with van der Waals surface area (Å²) in [6, 6.07) is 0. The Balaban J connectivity index is 1.88. The molecule has 1 aliphatic rings. The maximum Gasteiger partial charge on any atom is 0.146 e. The van der Waals surface area contributed by atoms with Crippen molar-refractivity contribution in [3.63, 3.8) is 0 Å². The Bertz CT molecular complexity index is 333. The molecule has 1 aromatic heterocycles. The molecule has 0 unspecified atom stereocenters. The Morgan fingerprint density at radius 2 is 2.27 bits per heavy atom. The summed E-state index contributed by atoms with van der Waals surface area (Å²) < 4.78 is 0. The fraction of sp³-hybridized carbons (Fsp3) is 0.636. The highest BCUT2D eigenvalue weighted by Crippen LogP contribution is 2.49. The second kappa shape index (κ2) is 4.04. The summed E-state index contributed by atoms with van der Waals surface area (Å²) in [4.78, 5) is 8.17. The van der Waals surface area contributed by atoms with Gasteiger partial charge in [0.1, 0.15) is 11.6 Å². The molecule has 2 rings (SSSR count). The molecule has 0 aliphatic heterocycles. The van der Waals surface area contributed by atoms with Gasteiger partial charge in [0.15, 0.2) is 0 Å². The Hall–Kier alpha value is -1.32. The number of nitrogens with two attached hydrogens (primary N) is 1. The maximum absolute atomic E-state index is 5.56. The summed E-state index contributed by atoms with van der Waals surface area (Å²) in [7, 11) is 0. The lowest BCUT2D eigenvalue weighted by Crippen LogP contribution is -2.16. The van der Waals surface area contributed by atoms with E-state index in [1.54, 1.807) is 12.4 Å². The molecule has 3 N–H and O–H groups in total. The quantitative estimate of drug-likeness (QED) is 0.774. The smallest absolute Gasteiger partial charge is 0.146 e. The van der Waals surface area contributed by atoms with Crippen LogP contribution in [0.2, 0.25) is 0 Å². The molecule has 1 aliphatic carbocycles. The molecule has 82 valence electrons. The van der Waals surface area contributed by atoms with E-state index in [1.807, 2.05) is 0 Å². The predicted octanol–water partition coefficient (Wildman–Crippen LogP) is 2.05. The van der Waals surface area contributed by atoms with E-state index in [9.17, 15) is 0 Å². The average Bonchev–Trinajstić information content (AvgIpc) is 2.97. The predicted molar refractivity (Wildman–Crippen MR) is 61.5 cm³/mol. The van der Waals surface area contributed by atoms with Gasteiger partial charge in [-0.2, -0.15) is 0 Å². The zero-order valence-electron chi connectivity index (χ0n) is 9.16. The molecule has 1 heterocycles. The van der Waals surface area contributed by atoms with Crippen molar-refractivity contribution in [2.75, 3.05) is 17.6 Å². The Kier molecular flexibility index (Phi) is 2.75. The topological polar surface area (TPSA) is 63.8 Å². The van der Waals surface area contributed by atoms with E-state index in [1.165, 1.54) is 25.7 Å². The van der Waals surface area contributed by atoms with Crippen LogP contribution in [0.4, 0.5) is 11.6 Å². The van der Waals surface area contributed by atoms with Gasteiger partial charge in [-0.05, 0) is 24.7 Å². The first-order chi connectivity index (χ1) is 7.24. The molecular formula is C11H18N4. The molecular weight excluding hydrogens is 188 g/mol. The van der Waals surface area contributed by atoms with Crippen molar-refractivity contribution < 1.29 is 0 Å². The lowest BCUT2D eigenvalue weighted by Gasteiger charge is -2.15. The number of hydrogen-bond donors (Lipinski definition) is 2. The number of nitrogens with one attached hydrogen (secondary N) is 1. The number of anilines is 2. The highest BCUT2D eigenvalue weighted by molar-refractivity contribution is 5.38. The van der Waals surface area contributed by atoms with Gasteiger partial charge >= 0.3 is 0 Å².